The Morgan fingerprint density at radius 1 is 0.444 bits per heavy atom. The molecule has 0 saturated heterocycles. The highest BCUT2D eigenvalue weighted by atomic mass is 14.3. The minimum Gasteiger partial charge on any atom is -0.0619 e. The van der Waals surface area contributed by atoms with Crippen molar-refractivity contribution < 1.29 is 0 Å². The van der Waals surface area contributed by atoms with Gasteiger partial charge in [0.05, 0.1) is 0 Å². The normalized spacial score (nSPS) is 13.0. The molecule has 0 aromatic heterocycles. The molecular formula is C27H19. The summed E-state index contributed by atoms with van der Waals surface area (Å²) in [7, 11) is 0. The lowest BCUT2D eigenvalue weighted by atomic mass is 9.92. The minimum atomic E-state index is 1.04. The number of rotatable bonds is 2. The summed E-state index contributed by atoms with van der Waals surface area (Å²) in [6.07, 6.45) is 4.47. The van der Waals surface area contributed by atoms with E-state index in [1.807, 2.05) is 0 Å². The van der Waals surface area contributed by atoms with Crippen LogP contribution in [0.25, 0.3) is 22.3 Å². The van der Waals surface area contributed by atoms with Crippen molar-refractivity contribution in [2.45, 2.75) is 12.8 Å². The highest BCUT2D eigenvalue weighted by Crippen LogP contribution is 2.42. The fourth-order valence-corrected chi connectivity index (χ4v) is 4.80. The van der Waals surface area contributed by atoms with Gasteiger partial charge in [0.25, 0.3) is 0 Å². The zero-order valence-electron chi connectivity index (χ0n) is 15.1. The predicted molar refractivity (Wildman–Crippen MR) is 112 cm³/mol. The highest BCUT2D eigenvalue weighted by Gasteiger charge is 2.23. The van der Waals surface area contributed by atoms with E-state index in [-0.39, 0.29) is 0 Å². The summed E-state index contributed by atoms with van der Waals surface area (Å²) < 4.78 is 0. The zero-order valence-corrected chi connectivity index (χ0v) is 15.1. The molecule has 0 atom stereocenters. The van der Waals surface area contributed by atoms with E-state index in [0.717, 1.165) is 12.8 Å². The Kier molecular flexibility index (Phi) is 3.16. The Labute approximate surface area is 160 Å². The molecule has 0 aliphatic heterocycles. The second kappa shape index (κ2) is 5.69. The van der Waals surface area contributed by atoms with Gasteiger partial charge in [0.15, 0.2) is 0 Å². The van der Waals surface area contributed by atoms with Crippen LogP contribution in [0.2, 0.25) is 0 Å². The molecule has 6 rings (SSSR count). The molecule has 0 bridgehead atoms. The van der Waals surface area contributed by atoms with E-state index >= 15 is 0 Å². The summed E-state index contributed by atoms with van der Waals surface area (Å²) in [4.78, 5) is 0. The summed E-state index contributed by atoms with van der Waals surface area (Å²) in [6, 6.07) is 31.1. The van der Waals surface area contributed by atoms with Gasteiger partial charge >= 0.3 is 0 Å². The molecule has 2 aliphatic rings. The largest absolute Gasteiger partial charge is 0.0619 e. The van der Waals surface area contributed by atoms with Crippen molar-refractivity contribution in [1.29, 1.82) is 0 Å². The van der Waals surface area contributed by atoms with E-state index in [9.17, 15) is 0 Å². The molecule has 0 saturated carbocycles. The molecule has 4 aromatic carbocycles. The first-order valence-corrected chi connectivity index (χ1v) is 9.63. The van der Waals surface area contributed by atoms with Crippen LogP contribution in [-0.4, -0.2) is 0 Å². The van der Waals surface area contributed by atoms with Crippen molar-refractivity contribution in [1.82, 2.24) is 0 Å². The first-order chi connectivity index (χ1) is 13.4. The summed E-state index contributed by atoms with van der Waals surface area (Å²) in [5.74, 6) is 0. The maximum atomic E-state index is 2.40. The molecule has 0 amide bonds. The van der Waals surface area contributed by atoms with E-state index in [4.69, 9.17) is 0 Å². The fourth-order valence-electron chi connectivity index (χ4n) is 4.80. The molecule has 27 heavy (non-hydrogen) atoms. The van der Waals surface area contributed by atoms with Gasteiger partial charge in [-0.2, -0.15) is 0 Å². The van der Waals surface area contributed by atoms with Gasteiger partial charge in [-0.15, -0.1) is 0 Å². The van der Waals surface area contributed by atoms with Crippen LogP contribution in [0.1, 0.15) is 33.4 Å². The van der Waals surface area contributed by atoms with Gasteiger partial charge in [0.1, 0.15) is 0 Å². The lowest BCUT2D eigenvalue weighted by Gasteiger charge is -2.12. The lowest BCUT2D eigenvalue weighted by Crippen LogP contribution is -1.96. The Morgan fingerprint density at radius 2 is 0.889 bits per heavy atom. The molecule has 1 radical (unpaired) electrons. The van der Waals surface area contributed by atoms with Crippen molar-refractivity contribution in [3.63, 3.8) is 0 Å². The van der Waals surface area contributed by atoms with Gasteiger partial charge in [-0.05, 0) is 68.5 Å². The number of benzene rings is 4. The summed E-state index contributed by atoms with van der Waals surface area (Å²) in [6.45, 7) is 0. The Hall–Kier alpha value is -3.12. The SMILES string of the molecule is [CH](c1cccc2c1Cc1ccccc1-2)c1cccc2c1Cc1ccccc1-2. The van der Waals surface area contributed by atoms with Gasteiger partial charge in [0, 0.05) is 6.42 Å². The molecular weight excluding hydrogens is 324 g/mol. The highest BCUT2D eigenvalue weighted by molar-refractivity contribution is 5.81. The van der Waals surface area contributed by atoms with Crippen molar-refractivity contribution in [2.24, 2.45) is 0 Å². The molecule has 0 N–H and O–H groups in total. The van der Waals surface area contributed by atoms with Crippen LogP contribution in [0.15, 0.2) is 84.9 Å². The van der Waals surface area contributed by atoms with Crippen molar-refractivity contribution >= 4 is 0 Å². The average molecular weight is 343 g/mol. The number of hydrogen-bond acceptors (Lipinski definition) is 0. The van der Waals surface area contributed by atoms with E-state index < -0.39 is 0 Å². The molecule has 0 spiro atoms. The second-order valence-electron chi connectivity index (χ2n) is 7.56. The topological polar surface area (TPSA) is 0 Å². The maximum absolute atomic E-state index is 2.40. The van der Waals surface area contributed by atoms with Crippen LogP contribution in [-0.2, 0) is 12.8 Å². The summed E-state index contributed by atoms with van der Waals surface area (Å²) in [5, 5.41) is 0. The predicted octanol–water partition coefficient (Wildman–Crippen LogP) is 6.43. The van der Waals surface area contributed by atoms with Gasteiger partial charge in [-0.1, -0.05) is 84.9 Å². The van der Waals surface area contributed by atoms with Crippen LogP contribution in [0.5, 0.6) is 0 Å². The van der Waals surface area contributed by atoms with E-state index in [2.05, 4.69) is 91.3 Å². The van der Waals surface area contributed by atoms with Crippen LogP contribution >= 0.6 is 0 Å². The minimum absolute atomic E-state index is 1.04. The third kappa shape index (κ3) is 2.23. The third-order valence-corrected chi connectivity index (χ3v) is 6.09. The summed E-state index contributed by atoms with van der Waals surface area (Å²) in [5.41, 5.74) is 14.1. The second-order valence-corrected chi connectivity index (χ2v) is 7.56. The molecule has 0 heterocycles. The van der Waals surface area contributed by atoms with Crippen LogP contribution in [0.3, 0.4) is 0 Å². The average Bonchev–Trinajstić information content (AvgIpc) is 3.28. The van der Waals surface area contributed by atoms with Crippen molar-refractivity contribution in [3.8, 4) is 22.3 Å². The number of fused-ring (bicyclic) bond motifs is 6. The zero-order chi connectivity index (χ0) is 17.8. The fraction of sp³-hybridized carbons (Fsp3) is 0.0741. The monoisotopic (exact) mass is 343 g/mol. The van der Waals surface area contributed by atoms with Gasteiger partial charge in [-0.3, -0.25) is 0 Å². The van der Waals surface area contributed by atoms with E-state index in [0.29, 0.717) is 0 Å². The first kappa shape index (κ1) is 15.0. The molecule has 127 valence electrons. The number of hydrogen-bond donors (Lipinski definition) is 0. The molecule has 0 unspecified atom stereocenters. The van der Waals surface area contributed by atoms with E-state index in [1.54, 1.807) is 0 Å². The first-order valence-electron chi connectivity index (χ1n) is 9.63. The van der Waals surface area contributed by atoms with E-state index in [1.165, 1.54) is 55.6 Å². The quantitative estimate of drug-likeness (QED) is 0.340. The van der Waals surface area contributed by atoms with Gasteiger partial charge in [-0.25, -0.2) is 0 Å². The smallest absolute Gasteiger partial charge is 0.0205 e. The summed E-state index contributed by atoms with van der Waals surface area (Å²) >= 11 is 0. The lowest BCUT2D eigenvalue weighted by molar-refractivity contribution is 1.19. The Bertz CT molecular complexity index is 1100. The molecule has 0 heteroatoms. The molecule has 0 fully saturated rings. The van der Waals surface area contributed by atoms with Crippen LogP contribution < -0.4 is 0 Å². The van der Waals surface area contributed by atoms with Gasteiger partial charge in [0.2, 0.25) is 0 Å². The van der Waals surface area contributed by atoms with Gasteiger partial charge < -0.3 is 0 Å². The Morgan fingerprint density at radius 3 is 1.41 bits per heavy atom. The van der Waals surface area contributed by atoms with Crippen molar-refractivity contribution in [3.05, 3.63) is 125 Å². The maximum Gasteiger partial charge on any atom is 0.0205 e. The molecule has 0 nitrogen and oxygen atoms in total. The third-order valence-electron chi connectivity index (χ3n) is 6.09. The van der Waals surface area contributed by atoms with Crippen LogP contribution in [0, 0.1) is 6.42 Å². The standard InChI is InChI=1S/C27H19/c1-3-11-22-20(7-1)16-26-18(9-5-13-24(22)26)15-19-10-6-14-25-23-12-4-2-8-21(23)17-27(19)25/h1-15H,16-17H2. The molecule has 2 aliphatic carbocycles. The van der Waals surface area contributed by atoms with Crippen molar-refractivity contribution in [2.75, 3.05) is 0 Å². The molecule has 4 aromatic rings. The van der Waals surface area contributed by atoms with Crippen LogP contribution in [0.4, 0.5) is 0 Å². The Balaban J connectivity index is 1.43.